The fraction of sp³-hybridized carbons (Fsp3) is 0.600. The van der Waals surface area contributed by atoms with Crippen LogP contribution in [0.2, 0.25) is 0 Å². The molecule has 1 heteroatoms. The Morgan fingerprint density at radius 1 is 1.12 bits per heavy atom. The molecule has 0 aliphatic rings. The third-order valence-corrected chi connectivity index (χ3v) is 3.27. The number of nitrogens with one attached hydrogen (secondary N) is 1. The Hall–Kier alpha value is -0.980. The first-order chi connectivity index (χ1) is 7.58. The van der Waals surface area contributed by atoms with Gasteiger partial charge in [0.2, 0.25) is 0 Å². The summed E-state index contributed by atoms with van der Waals surface area (Å²) in [4.78, 5) is 0. The molecule has 0 radical (unpaired) electrons. The van der Waals surface area contributed by atoms with Gasteiger partial charge in [0.1, 0.15) is 0 Å². The highest BCUT2D eigenvalue weighted by molar-refractivity contribution is 5.53. The van der Waals surface area contributed by atoms with Gasteiger partial charge in [-0.25, -0.2) is 0 Å². The van der Waals surface area contributed by atoms with E-state index in [-0.39, 0.29) is 0 Å². The average molecular weight is 219 g/mol. The maximum atomic E-state index is 3.64. The second kappa shape index (κ2) is 5.93. The molecule has 0 amide bonds. The quantitative estimate of drug-likeness (QED) is 0.755. The Bertz CT molecular complexity index is 324. The van der Waals surface area contributed by atoms with Crippen LogP contribution in [0.3, 0.4) is 0 Å². The third kappa shape index (κ3) is 3.26. The molecular formula is C15H25N. The molecule has 0 spiro atoms. The first kappa shape index (κ1) is 13.1. The number of benzene rings is 1. The minimum absolute atomic E-state index is 0.598. The Balaban J connectivity index is 2.89. The summed E-state index contributed by atoms with van der Waals surface area (Å²) in [7, 11) is 0. The zero-order valence-corrected chi connectivity index (χ0v) is 11.3. The number of anilines is 1. The number of rotatable bonds is 5. The van der Waals surface area contributed by atoms with Crippen LogP contribution in [-0.2, 0) is 0 Å². The summed E-state index contributed by atoms with van der Waals surface area (Å²) in [6.45, 7) is 11.1. The van der Waals surface area contributed by atoms with E-state index < -0.39 is 0 Å². The highest BCUT2D eigenvalue weighted by Crippen LogP contribution is 2.23. The predicted octanol–water partition coefficient (Wildman–Crippen LogP) is 4.72. The number of hydrogen-bond donors (Lipinski definition) is 1. The van der Waals surface area contributed by atoms with Crippen LogP contribution < -0.4 is 5.32 Å². The molecule has 0 saturated carbocycles. The Morgan fingerprint density at radius 2 is 1.75 bits per heavy atom. The van der Waals surface area contributed by atoms with Gasteiger partial charge in [-0.05, 0) is 42.9 Å². The topological polar surface area (TPSA) is 12.0 Å². The van der Waals surface area contributed by atoms with Crippen molar-refractivity contribution in [2.45, 2.75) is 59.4 Å². The average Bonchev–Trinajstić information content (AvgIpc) is 2.27. The lowest BCUT2D eigenvalue weighted by atomic mass is 10.00. The lowest BCUT2D eigenvalue weighted by Crippen LogP contribution is -2.17. The van der Waals surface area contributed by atoms with Crippen molar-refractivity contribution in [2.75, 3.05) is 5.32 Å². The van der Waals surface area contributed by atoms with Crippen molar-refractivity contribution in [3.63, 3.8) is 0 Å². The number of hydrogen-bond acceptors (Lipinski definition) is 1. The van der Waals surface area contributed by atoms with Gasteiger partial charge in [-0.15, -0.1) is 0 Å². The van der Waals surface area contributed by atoms with Crippen LogP contribution in [0.5, 0.6) is 0 Å². The van der Waals surface area contributed by atoms with E-state index in [0.29, 0.717) is 12.0 Å². The van der Waals surface area contributed by atoms with Gasteiger partial charge in [0.25, 0.3) is 0 Å². The molecule has 90 valence electrons. The van der Waals surface area contributed by atoms with Gasteiger partial charge in [0.05, 0.1) is 0 Å². The molecule has 1 nitrogen and oxygen atoms in total. The molecule has 1 aromatic carbocycles. The van der Waals surface area contributed by atoms with E-state index >= 15 is 0 Å². The molecule has 0 fully saturated rings. The SMILES string of the molecule is CCC(CC)Nc1cc(C(C)C)ccc1C. The van der Waals surface area contributed by atoms with Gasteiger partial charge < -0.3 is 5.32 Å². The molecule has 1 rings (SSSR count). The molecule has 0 saturated heterocycles. The van der Waals surface area contributed by atoms with E-state index in [9.17, 15) is 0 Å². The van der Waals surface area contributed by atoms with E-state index in [1.807, 2.05) is 0 Å². The van der Waals surface area contributed by atoms with Crippen LogP contribution in [0.25, 0.3) is 0 Å². The van der Waals surface area contributed by atoms with Gasteiger partial charge in [0.15, 0.2) is 0 Å². The largest absolute Gasteiger partial charge is 0.382 e. The van der Waals surface area contributed by atoms with Crippen LogP contribution in [0, 0.1) is 6.92 Å². The molecular weight excluding hydrogens is 194 g/mol. The van der Waals surface area contributed by atoms with Crippen LogP contribution in [0.15, 0.2) is 18.2 Å². The lowest BCUT2D eigenvalue weighted by molar-refractivity contribution is 0.671. The molecule has 1 N–H and O–H groups in total. The first-order valence-corrected chi connectivity index (χ1v) is 6.45. The normalized spacial score (nSPS) is 11.2. The third-order valence-electron chi connectivity index (χ3n) is 3.27. The first-order valence-electron chi connectivity index (χ1n) is 6.45. The van der Waals surface area contributed by atoms with Crippen molar-refractivity contribution >= 4 is 5.69 Å². The van der Waals surface area contributed by atoms with E-state index in [1.54, 1.807) is 0 Å². The fourth-order valence-electron chi connectivity index (χ4n) is 1.87. The van der Waals surface area contributed by atoms with Gasteiger partial charge in [-0.3, -0.25) is 0 Å². The fourth-order valence-corrected chi connectivity index (χ4v) is 1.87. The summed E-state index contributed by atoms with van der Waals surface area (Å²) < 4.78 is 0. The molecule has 0 aliphatic carbocycles. The van der Waals surface area contributed by atoms with E-state index in [1.165, 1.54) is 29.7 Å². The van der Waals surface area contributed by atoms with Crippen molar-refractivity contribution in [3.8, 4) is 0 Å². The molecule has 0 unspecified atom stereocenters. The maximum absolute atomic E-state index is 3.64. The molecule has 0 heterocycles. The van der Waals surface area contributed by atoms with Crippen LogP contribution in [0.1, 0.15) is 57.6 Å². The molecule has 0 bridgehead atoms. The molecule has 1 aromatic rings. The minimum Gasteiger partial charge on any atom is -0.382 e. The van der Waals surface area contributed by atoms with Gasteiger partial charge in [-0.1, -0.05) is 39.8 Å². The summed E-state index contributed by atoms with van der Waals surface area (Å²) >= 11 is 0. The van der Waals surface area contributed by atoms with Crippen molar-refractivity contribution in [1.29, 1.82) is 0 Å². The number of aryl methyl sites for hydroxylation is 1. The van der Waals surface area contributed by atoms with E-state index in [0.717, 1.165) is 0 Å². The summed E-state index contributed by atoms with van der Waals surface area (Å²) in [5.74, 6) is 0.600. The van der Waals surface area contributed by atoms with Crippen molar-refractivity contribution < 1.29 is 0 Å². The standard InChI is InChI=1S/C15H25N/c1-6-14(7-2)16-15-10-13(11(3)4)9-8-12(15)5/h8-11,14,16H,6-7H2,1-5H3. The minimum atomic E-state index is 0.598. The highest BCUT2D eigenvalue weighted by Gasteiger charge is 2.07. The second-order valence-electron chi connectivity index (χ2n) is 4.89. The van der Waals surface area contributed by atoms with Gasteiger partial charge in [-0.2, -0.15) is 0 Å². The zero-order valence-electron chi connectivity index (χ0n) is 11.3. The molecule has 0 aromatic heterocycles. The molecule has 16 heavy (non-hydrogen) atoms. The Labute approximate surface area is 100 Å². The van der Waals surface area contributed by atoms with Crippen molar-refractivity contribution in [1.82, 2.24) is 0 Å². The van der Waals surface area contributed by atoms with Crippen molar-refractivity contribution in [3.05, 3.63) is 29.3 Å². The van der Waals surface area contributed by atoms with E-state index in [2.05, 4.69) is 58.1 Å². The van der Waals surface area contributed by atoms with Crippen LogP contribution >= 0.6 is 0 Å². The maximum Gasteiger partial charge on any atom is 0.0374 e. The highest BCUT2D eigenvalue weighted by atomic mass is 14.9. The monoisotopic (exact) mass is 219 g/mol. The van der Waals surface area contributed by atoms with Crippen molar-refractivity contribution in [2.24, 2.45) is 0 Å². The summed E-state index contributed by atoms with van der Waals surface area (Å²) in [5.41, 5.74) is 4.07. The second-order valence-corrected chi connectivity index (χ2v) is 4.89. The molecule has 0 aliphatic heterocycles. The summed E-state index contributed by atoms with van der Waals surface area (Å²) in [6, 6.07) is 7.36. The van der Waals surface area contributed by atoms with Crippen LogP contribution in [0.4, 0.5) is 5.69 Å². The van der Waals surface area contributed by atoms with Crippen LogP contribution in [-0.4, -0.2) is 6.04 Å². The smallest absolute Gasteiger partial charge is 0.0374 e. The molecule has 0 atom stereocenters. The summed E-state index contributed by atoms with van der Waals surface area (Å²) in [5, 5.41) is 3.64. The van der Waals surface area contributed by atoms with E-state index in [4.69, 9.17) is 0 Å². The van der Waals surface area contributed by atoms with Gasteiger partial charge in [0, 0.05) is 11.7 Å². The zero-order chi connectivity index (χ0) is 12.1. The van der Waals surface area contributed by atoms with Gasteiger partial charge >= 0.3 is 0 Å². The Morgan fingerprint density at radius 3 is 2.25 bits per heavy atom. The predicted molar refractivity (Wildman–Crippen MR) is 73.3 cm³/mol. The summed E-state index contributed by atoms with van der Waals surface area (Å²) in [6.07, 6.45) is 2.36. The Kier molecular flexibility index (Phi) is 4.85. The lowest BCUT2D eigenvalue weighted by Gasteiger charge is -2.19.